The number of amides is 3. The number of thiophene rings is 1. The number of β-amino-alcohol motifs (C(OH)–C–C–N with tert-alkyl or cyclic N) is 1. The molecule has 70 heavy (non-hydrogen) atoms. The second kappa shape index (κ2) is 19.4. The van der Waals surface area contributed by atoms with Crippen LogP contribution in [0.1, 0.15) is 108 Å². The van der Waals surface area contributed by atoms with E-state index in [0.29, 0.717) is 31.2 Å². The van der Waals surface area contributed by atoms with Gasteiger partial charge in [0.2, 0.25) is 17.7 Å². The number of hydrogen-bond donors (Lipinski definition) is 4. The molecule has 364 valence electrons. The summed E-state index contributed by atoms with van der Waals surface area (Å²) >= 11 is 3.21. The first-order valence-electron chi connectivity index (χ1n) is 23.7. The van der Waals surface area contributed by atoms with E-state index in [2.05, 4.69) is 81.0 Å². The molecule has 3 aromatic heterocycles. The van der Waals surface area contributed by atoms with Crippen LogP contribution >= 0.6 is 22.7 Å². The van der Waals surface area contributed by atoms with Gasteiger partial charge in [-0.2, -0.15) is 0 Å². The summed E-state index contributed by atoms with van der Waals surface area (Å²) in [7, 11) is 0. The molecule has 5 atom stereocenters. The molecule has 15 nitrogen and oxygen atoms in total. The maximum atomic E-state index is 14.4. The number of hydrogen-bond acceptors (Lipinski definition) is 12. The SMILES string of the molecule is Cc1ncsc1-c1ccc([C@H](C)NC(=O)[C@@H]2C[C@@H](O)CN2C(=O)[C@@H](NC(=O)CN2CCc3c(cccc3-c3ccc(C4=N[C@@H](CC(=O)O)c5nnc(C)n5-c5sc(C)c(C)c54)cc3)C2)C(C)(C)C)cc1. The maximum absolute atomic E-state index is 14.4. The van der Waals surface area contributed by atoms with Crippen LogP contribution in [0.4, 0.5) is 0 Å². The second-order valence-electron chi connectivity index (χ2n) is 19.9. The molecule has 3 aliphatic rings. The number of carbonyl (C=O) groups is 4. The minimum absolute atomic E-state index is 0.00807. The van der Waals surface area contributed by atoms with E-state index in [4.69, 9.17) is 4.99 Å². The number of likely N-dealkylation sites (tertiary alicyclic amines) is 1. The Bertz CT molecular complexity index is 3020. The third-order valence-electron chi connectivity index (χ3n) is 13.8. The number of thiazole rings is 1. The van der Waals surface area contributed by atoms with Gasteiger partial charge in [0.1, 0.15) is 29.0 Å². The summed E-state index contributed by atoms with van der Waals surface area (Å²) in [4.78, 5) is 69.4. The fourth-order valence-corrected chi connectivity index (χ4v) is 12.0. The van der Waals surface area contributed by atoms with Crippen LogP contribution in [0.2, 0.25) is 0 Å². The monoisotopic (exact) mass is 981 g/mol. The lowest BCUT2D eigenvalue weighted by molar-refractivity contribution is -0.144. The zero-order chi connectivity index (χ0) is 49.8. The Labute approximate surface area is 415 Å². The number of rotatable bonds is 12. The molecule has 1 saturated heterocycles. The first-order valence-corrected chi connectivity index (χ1v) is 25.4. The van der Waals surface area contributed by atoms with Gasteiger partial charge in [0.05, 0.1) is 46.9 Å². The van der Waals surface area contributed by atoms with Gasteiger partial charge >= 0.3 is 5.97 Å². The number of aliphatic imine (C=N–C) groups is 1. The standard InChI is InChI=1S/C53H59N9O6S2/c1-28-31(4)70-52-45(28)46(56-41(23-44(65)66)49-59-58-32(5)62(49)52)35-16-14-34(15-17-35)39-11-9-10-37-24-60(21-20-40(37)39)26-43(64)57-48(53(6,7)8)51(68)61-25-38(63)22-42(61)50(67)55-29(2)33-12-18-36(19-13-33)47-30(3)54-27-69-47/h9-19,27,29,38,41-42,48,63H,20-26H2,1-8H3,(H,55,67)(H,57,64)(H,65,66)/t29-,38+,41-,42-,48+/m0/s1. The molecule has 0 aliphatic carbocycles. The van der Waals surface area contributed by atoms with Crippen LogP contribution < -0.4 is 10.6 Å². The molecule has 0 unspecified atom stereocenters. The summed E-state index contributed by atoms with van der Waals surface area (Å²) in [5, 5.41) is 36.4. The van der Waals surface area contributed by atoms with Crippen LogP contribution in [0.25, 0.3) is 26.6 Å². The summed E-state index contributed by atoms with van der Waals surface area (Å²) in [6, 6.07) is 19.6. The number of aliphatic hydroxyl groups excluding tert-OH is 1. The number of aryl methyl sites for hydroxylation is 3. The number of fused-ring (bicyclic) bond motifs is 4. The number of aromatic nitrogens is 4. The Morgan fingerprint density at radius 2 is 1.63 bits per heavy atom. The number of aliphatic hydroxyl groups is 1. The average Bonchev–Trinajstić information content (AvgIpc) is 4.09. The summed E-state index contributed by atoms with van der Waals surface area (Å²) in [5.41, 5.74) is 12.1. The van der Waals surface area contributed by atoms with Gasteiger partial charge in [0, 0.05) is 42.1 Å². The quantitative estimate of drug-likeness (QED) is 0.0957. The molecule has 3 aliphatic heterocycles. The van der Waals surface area contributed by atoms with Gasteiger partial charge in [-0.05, 0) is 85.4 Å². The highest BCUT2D eigenvalue weighted by Gasteiger charge is 2.45. The molecule has 3 amide bonds. The molecule has 9 rings (SSSR count). The Balaban J connectivity index is 0.865. The van der Waals surface area contributed by atoms with Crippen LogP contribution in [0.15, 0.2) is 77.2 Å². The van der Waals surface area contributed by atoms with Crippen LogP contribution in [0.3, 0.4) is 0 Å². The molecule has 1 fully saturated rings. The van der Waals surface area contributed by atoms with Gasteiger partial charge in [0.15, 0.2) is 5.82 Å². The molecule has 0 spiro atoms. The van der Waals surface area contributed by atoms with Crippen LogP contribution in [0.5, 0.6) is 0 Å². The Morgan fingerprint density at radius 3 is 2.31 bits per heavy atom. The predicted octanol–water partition coefficient (Wildman–Crippen LogP) is 7.45. The zero-order valence-electron chi connectivity index (χ0n) is 40.7. The highest BCUT2D eigenvalue weighted by molar-refractivity contribution is 7.15. The van der Waals surface area contributed by atoms with Crippen molar-refractivity contribution in [2.75, 3.05) is 19.6 Å². The molecule has 17 heteroatoms. The van der Waals surface area contributed by atoms with Gasteiger partial charge in [-0.3, -0.25) is 33.6 Å². The smallest absolute Gasteiger partial charge is 0.306 e. The van der Waals surface area contributed by atoms with Crippen molar-refractivity contribution in [3.05, 3.63) is 128 Å². The molecular formula is C53H59N9O6S2. The van der Waals surface area contributed by atoms with Crippen LogP contribution in [-0.2, 0) is 32.1 Å². The van der Waals surface area contributed by atoms with E-state index in [1.165, 1.54) is 10.5 Å². The van der Waals surface area contributed by atoms with E-state index in [1.54, 1.807) is 22.7 Å². The van der Waals surface area contributed by atoms with Crippen molar-refractivity contribution in [1.29, 1.82) is 0 Å². The molecule has 0 radical (unpaired) electrons. The Kier molecular flexibility index (Phi) is 13.5. The Morgan fingerprint density at radius 1 is 0.914 bits per heavy atom. The lowest BCUT2D eigenvalue weighted by atomic mass is 9.85. The zero-order valence-corrected chi connectivity index (χ0v) is 42.4. The van der Waals surface area contributed by atoms with Crippen molar-refractivity contribution >= 4 is 52.1 Å². The molecule has 0 saturated carbocycles. The molecule has 4 N–H and O–H groups in total. The third kappa shape index (κ3) is 9.59. The Hall–Kier alpha value is -6.40. The number of nitrogens with one attached hydrogen (secondary N) is 2. The average molecular weight is 982 g/mol. The number of carboxylic acid groups (broad SMARTS) is 1. The van der Waals surface area contributed by atoms with E-state index in [1.807, 2.05) is 82.0 Å². The summed E-state index contributed by atoms with van der Waals surface area (Å²) in [5.74, 6) is -0.821. The second-order valence-corrected chi connectivity index (χ2v) is 21.9. The van der Waals surface area contributed by atoms with Gasteiger partial charge in [-0.25, -0.2) is 4.98 Å². The highest BCUT2D eigenvalue weighted by atomic mass is 32.1. The largest absolute Gasteiger partial charge is 0.481 e. The van der Waals surface area contributed by atoms with Crippen molar-refractivity contribution < 1.29 is 29.4 Å². The highest BCUT2D eigenvalue weighted by Crippen LogP contribution is 2.40. The van der Waals surface area contributed by atoms with Gasteiger partial charge in [-0.1, -0.05) is 87.5 Å². The van der Waals surface area contributed by atoms with Crippen molar-refractivity contribution in [1.82, 2.24) is 40.2 Å². The van der Waals surface area contributed by atoms with Crippen LogP contribution in [-0.4, -0.2) is 107 Å². The lowest BCUT2D eigenvalue weighted by Crippen LogP contribution is -2.58. The number of benzene rings is 3. The van der Waals surface area contributed by atoms with E-state index < -0.39 is 41.5 Å². The fourth-order valence-electron chi connectivity index (χ4n) is 10.00. The molecule has 0 bridgehead atoms. The summed E-state index contributed by atoms with van der Waals surface area (Å²) in [6.07, 6.45) is -0.288. The van der Waals surface area contributed by atoms with Gasteiger partial charge < -0.3 is 25.7 Å². The number of nitrogens with zero attached hydrogens (tertiary/aromatic N) is 7. The first-order chi connectivity index (χ1) is 33.4. The minimum Gasteiger partial charge on any atom is -0.481 e. The van der Waals surface area contributed by atoms with Crippen LogP contribution in [0, 0.1) is 33.1 Å². The molecular weight excluding hydrogens is 923 g/mol. The lowest BCUT2D eigenvalue weighted by Gasteiger charge is -2.36. The van der Waals surface area contributed by atoms with E-state index in [0.717, 1.165) is 70.7 Å². The van der Waals surface area contributed by atoms with E-state index in [9.17, 15) is 29.4 Å². The van der Waals surface area contributed by atoms with Gasteiger partial charge in [0.25, 0.3) is 0 Å². The first kappa shape index (κ1) is 48.6. The summed E-state index contributed by atoms with van der Waals surface area (Å²) in [6.45, 7) is 16.8. The minimum atomic E-state index is -0.964. The third-order valence-corrected chi connectivity index (χ3v) is 16.0. The number of carboxylic acids is 1. The van der Waals surface area contributed by atoms with Gasteiger partial charge in [-0.15, -0.1) is 32.9 Å². The van der Waals surface area contributed by atoms with Crippen molar-refractivity contribution in [2.45, 2.75) is 111 Å². The molecule has 6 heterocycles. The topological polar surface area (TPSA) is 195 Å². The van der Waals surface area contributed by atoms with E-state index >= 15 is 0 Å². The molecule has 6 aromatic rings. The maximum Gasteiger partial charge on any atom is 0.306 e. The van der Waals surface area contributed by atoms with Crippen molar-refractivity contribution in [3.8, 4) is 26.6 Å². The normalized spacial score (nSPS) is 18.8. The summed E-state index contributed by atoms with van der Waals surface area (Å²) < 4.78 is 1.96. The van der Waals surface area contributed by atoms with Crippen molar-refractivity contribution in [2.24, 2.45) is 10.4 Å². The van der Waals surface area contributed by atoms with Crippen molar-refractivity contribution in [3.63, 3.8) is 0 Å². The molecule has 3 aromatic carbocycles. The number of carbonyl (C=O) groups excluding carboxylic acids is 3. The fraction of sp³-hybridized carbons (Fsp3) is 0.396. The number of aliphatic carboxylic acids is 1. The van der Waals surface area contributed by atoms with E-state index in [-0.39, 0.29) is 43.8 Å². The predicted molar refractivity (Wildman–Crippen MR) is 271 cm³/mol.